The number of anilines is 5. The molecule has 0 unspecified atom stereocenters. The molecule has 0 aliphatic heterocycles. The first kappa shape index (κ1) is 23.0. The van der Waals surface area contributed by atoms with Crippen LogP contribution in [0.5, 0.6) is 0 Å². The molecule has 0 atom stereocenters. The number of H-pyrrole nitrogens is 1. The molecule has 4 aromatic rings. The highest BCUT2D eigenvalue weighted by Gasteiger charge is 2.14. The Morgan fingerprint density at radius 3 is 2.62 bits per heavy atom. The third-order valence-corrected chi connectivity index (χ3v) is 5.15. The molecule has 0 aliphatic rings. The number of para-hydroxylation sites is 1. The number of rotatable bonds is 8. The summed E-state index contributed by atoms with van der Waals surface area (Å²) in [4.78, 5) is 37.8. The normalized spacial score (nSPS) is 10.9. The Hall–Kier alpha value is -4.15. The van der Waals surface area contributed by atoms with E-state index in [-0.39, 0.29) is 18.4 Å². The predicted octanol–water partition coefficient (Wildman–Crippen LogP) is 3.70. The summed E-state index contributed by atoms with van der Waals surface area (Å²) in [6, 6.07) is 13.8. The van der Waals surface area contributed by atoms with E-state index in [1.54, 1.807) is 53.6 Å². The number of hydrogen-bond acceptors (Lipinski definition) is 7. The van der Waals surface area contributed by atoms with Crippen LogP contribution in [-0.4, -0.2) is 52.3 Å². The molecule has 10 nitrogen and oxygen atoms in total. The summed E-state index contributed by atoms with van der Waals surface area (Å²) in [6.07, 6.45) is 1.74. The van der Waals surface area contributed by atoms with Crippen LogP contribution < -0.4 is 21.7 Å². The van der Waals surface area contributed by atoms with Gasteiger partial charge in [0, 0.05) is 11.9 Å². The van der Waals surface area contributed by atoms with E-state index >= 15 is 0 Å². The minimum absolute atomic E-state index is 0.151. The van der Waals surface area contributed by atoms with Crippen LogP contribution in [-0.2, 0) is 4.79 Å². The Morgan fingerprint density at radius 2 is 1.85 bits per heavy atom. The number of hydrogen-bond donors (Lipinski definition) is 5. The van der Waals surface area contributed by atoms with E-state index in [1.807, 2.05) is 20.2 Å². The lowest BCUT2D eigenvalue weighted by molar-refractivity contribution is -0.116. The maximum Gasteiger partial charge on any atom is 0.250 e. The van der Waals surface area contributed by atoms with Gasteiger partial charge in [0.15, 0.2) is 0 Å². The van der Waals surface area contributed by atoms with Crippen molar-refractivity contribution in [1.29, 1.82) is 0 Å². The number of aromatic amines is 1. The van der Waals surface area contributed by atoms with Crippen LogP contribution in [0, 0.1) is 0 Å². The van der Waals surface area contributed by atoms with E-state index in [2.05, 4.69) is 30.9 Å². The standard InChI is InChI=1S/C23H23ClN8O2/c1-32(2)12-19(33)27-13-7-8-16(24)18(11-13)29-23-30-21-15(9-10-26-21)22(31-23)28-17-6-4-3-5-14(17)20(25)34/h3-11H,12H2,1-2H3,(H2,25,34)(H,27,33)(H3,26,28,29,30,31). The Bertz CT molecular complexity index is 1370. The third-order valence-electron chi connectivity index (χ3n) is 4.82. The van der Waals surface area contributed by atoms with Crippen LogP contribution in [0.4, 0.5) is 28.8 Å². The van der Waals surface area contributed by atoms with Crippen LogP contribution in [0.15, 0.2) is 54.7 Å². The SMILES string of the molecule is CN(C)CC(=O)Nc1ccc(Cl)c(Nc2nc(Nc3ccccc3C(N)=O)c3cc[nH]c3n2)c1. The number of fused-ring (bicyclic) bond motifs is 1. The van der Waals surface area contributed by atoms with Gasteiger partial charge in [0.25, 0.3) is 5.91 Å². The Balaban J connectivity index is 1.65. The van der Waals surface area contributed by atoms with Gasteiger partial charge in [0.1, 0.15) is 11.5 Å². The summed E-state index contributed by atoms with van der Waals surface area (Å²) < 4.78 is 0. The topological polar surface area (TPSA) is 141 Å². The number of nitrogens with two attached hydrogens (primary N) is 1. The number of carbonyl (C=O) groups is 2. The second kappa shape index (κ2) is 9.77. The Labute approximate surface area is 200 Å². The van der Waals surface area contributed by atoms with Crippen LogP contribution in [0.1, 0.15) is 10.4 Å². The molecule has 0 saturated carbocycles. The molecule has 0 radical (unpaired) electrons. The van der Waals surface area contributed by atoms with Gasteiger partial charge < -0.3 is 31.6 Å². The summed E-state index contributed by atoms with van der Waals surface area (Å²) in [6.45, 7) is 0.250. The largest absolute Gasteiger partial charge is 0.366 e. The highest BCUT2D eigenvalue weighted by atomic mass is 35.5. The van der Waals surface area contributed by atoms with Crippen molar-refractivity contribution in [1.82, 2.24) is 19.9 Å². The van der Waals surface area contributed by atoms with Gasteiger partial charge in [-0.1, -0.05) is 23.7 Å². The zero-order chi connectivity index (χ0) is 24.2. The fourth-order valence-electron chi connectivity index (χ4n) is 3.33. The average Bonchev–Trinajstić information content (AvgIpc) is 3.25. The van der Waals surface area contributed by atoms with E-state index in [9.17, 15) is 9.59 Å². The highest BCUT2D eigenvalue weighted by Crippen LogP contribution is 2.30. The van der Waals surface area contributed by atoms with Crippen LogP contribution in [0.25, 0.3) is 11.0 Å². The molecule has 34 heavy (non-hydrogen) atoms. The van der Waals surface area contributed by atoms with E-state index in [1.165, 1.54) is 0 Å². The number of likely N-dealkylation sites (N-methyl/N-ethyl adjacent to an activating group) is 1. The molecular weight excluding hydrogens is 456 g/mol. The molecule has 0 spiro atoms. The molecule has 2 amide bonds. The number of halogens is 1. The first-order valence-corrected chi connectivity index (χ1v) is 10.7. The predicted molar refractivity (Wildman–Crippen MR) is 134 cm³/mol. The lowest BCUT2D eigenvalue weighted by atomic mass is 10.1. The molecule has 4 rings (SSSR count). The number of nitrogens with zero attached hydrogens (tertiary/aromatic N) is 3. The molecule has 0 aliphatic carbocycles. The first-order chi connectivity index (χ1) is 16.3. The number of nitrogens with one attached hydrogen (secondary N) is 4. The van der Waals surface area contributed by atoms with Crippen molar-refractivity contribution in [3.8, 4) is 0 Å². The second-order valence-electron chi connectivity index (χ2n) is 7.78. The van der Waals surface area contributed by atoms with Crippen molar-refractivity contribution in [2.45, 2.75) is 0 Å². The fourth-order valence-corrected chi connectivity index (χ4v) is 3.50. The Kier molecular flexibility index (Phi) is 6.62. The number of carbonyl (C=O) groups excluding carboxylic acids is 2. The summed E-state index contributed by atoms with van der Waals surface area (Å²) in [5.74, 6) is 0.0179. The van der Waals surface area contributed by atoms with Gasteiger partial charge in [-0.15, -0.1) is 0 Å². The molecule has 0 bridgehead atoms. The maximum absolute atomic E-state index is 12.1. The lowest BCUT2D eigenvalue weighted by Gasteiger charge is -2.14. The molecule has 6 N–H and O–H groups in total. The molecule has 0 saturated heterocycles. The molecule has 2 aromatic heterocycles. The van der Waals surface area contributed by atoms with Crippen LogP contribution in [0.2, 0.25) is 5.02 Å². The van der Waals surface area contributed by atoms with E-state index in [4.69, 9.17) is 17.3 Å². The zero-order valence-electron chi connectivity index (χ0n) is 18.5. The van der Waals surface area contributed by atoms with E-state index in [0.29, 0.717) is 39.1 Å². The number of benzene rings is 2. The highest BCUT2D eigenvalue weighted by molar-refractivity contribution is 6.33. The molecule has 11 heteroatoms. The second-order valence-corrected chi connectivity index (χ2v) is 8.18. The van der Waals surface area contributed by atoms with Crippen molar-refractivity contribution in [3.63, 3.8) is 0 Å². The van der Waals surface area contributed by atoms with Crippen molar-refractivity contribution in [3.05, 3.63) is 65.3 Å². The fraction of sp³-hybridized carbons (Fsp3) is 0.130. The van der Waals surface area contributed by atoms with Gasteiger partial charge in [-0.3, -0.25) is 9.59 Å². The van der Waals surface area contributed by atoms with Crippen LogP contribution in [0.3, 0.4) is 0 Å². The van der Waals surface area contributed by atoms with Crippen molar-refractivity contribution >= 4 is 63.3 Å². The van der Waals surface area contributed by atoms with Gasteiger partial charge in [0.05, 0.1) is 33.9 Å². The Morgan fingerprint density at radius 1 is 1.06 bits per heavy atom. The lowest BCUT2D eigenvalue weighted by Crippen LogP contribution is -2.27. The summed E-state index contributed by atoms with van der Waals surface area (Å²) in [5, 5.41) is 10.3. The first-order valence-electron chi connectivity index (χ1n) is 10.3. The van der Waals surface area contributed by atoms with Crippen molar-refractivity contribution in [2.24, 2.45) is 5.73 Å². The average molecular weight is 479 g/mol. The van der Waals surface area contributed by atoms with Crippen molar-refractivity contribution < 1.29 is 9.59 Å². The van der Waals surface area contributed by atoms with Gasteiger partial charge in [0.2, 0.25) is 11.9 Å². The molecule has 174 valence electrons. The van der Waals surface area contributed by atoms with Crippen molar-refractivity contribution in [2.75, 3.05) is 36.6 Å². The maximum atomic E-state index is 12.1. The molecular formula is C23H23ClN8O2. The van der Waals surface area contributed by atoms with E-state index < -0.39 is 5.91 Å². The molecule has 2 heterocycles. The zero-order valence-corrected chi connectivity index (χ0v) is 19.3. The van der Waals surface area contributed by atoms with Gasteiger partial charge in [-0.25, -0.2) is 0 Å². The minimum Gasteiger partial charge on any atom is -0.366 e. The number of primary amides is 1. The summed E-state index contributed by atoms with van der Waals surface area (Å²) in [5.41, 5.74) is 8.03. The molecule has 2 aromatic carbocycles. The van der Waals surface area contributed by atoms with Crippen LogP contribution >= 0.6 is 11.6 Å². The smallest absolute Gasteiger partial charge is 0.250 e. The summed E-state index contributed by atoms with van der Waals surface area (Å²) >= 11 is 6.38. The van der Waals surface area contributed by atoms with Gasteiger partial charge in [-0.2, -0.15) is 9.97 Å². The van der Waals surface area contributed by atoms with E-state index in [0.717, 1.165) is 5.39 Å². The monoisotopic (exact) mass is 478 g/mol. The number of amides is 2. The third kappa shape index (κ3) is 5.25. The molecule has 0 fully saturated rings. The quantitative estimate of drug-likeness (QED) is 0.260. The van der Waals surface area contributed by atoms with Gasteiger partial charge in [-0.05, 0) is 50.5 Å². The minimum atomic E-state index is -0.555. The number of aromatic nitrogens is 3. The van der Waals surface area contributed by atoms with Gasteiger partial charge >= 0.3 is 0 Å². The summed E-state index contributed by atoms with van der Waals surface area (Å²) in [7, 11) is 3.63.